The Labute approximate surface area is 151 Å². The third-order valence-corrected chi connectivity index (χ3v) is 4.22. The summed E-state index contributed by atoms with van der Waals surface area (Å²) in [6.45, 7) is 7.30. The number of aliphatic imine (C=N–C) groups is 1. The van der Waals surface area contributed by atoms with E-state index < -0.39 is 17.7 Å². The highest BCUT2D eigenvalue weighted by Crippen LogP contribution is 2.19. The van der Waals surface area contributed by atoms with Gasteiger partial charge in [-0.2, -0.15) is 0 Å². The molecule has 1 aromatic carbocycles. The summed E-state index contributed by atoms with van der Waals surface area (Å²) in [7, 11) is 1.53. The summed E-state index contributed by atoms with van der Waals surface area (Å²) in [4.78, 5) is 43.1. The average Bonchev–Trinajstić information content (AvgIpc) is 2.57. The van der Waals surface area contributed by atoms with Gasteiger partial charge in [-0.3, -0.25) is 29.2 Å². The largest absolute Gasteiger partial charge is 0.295 e. The SMILES string of the molecule is C=C(C)CN1C(=O)C(C=Nc2ccc(C(C)=O)cc2)C(=O)N(C)C1=S. The summed E-state index contributed by atoms with van der Waals surface area (Å²) in [6.07, 6.45) is 1.32. The Bertz CT molecular complexity index is 783. The summed E-state index contributed by atoms with van der Waals surface area (Å²) in [5.41, 5.74) is 1.88. The fourth-order valence-electron chi connectivity index (χ4n) is 2.34. The molecule has 1 heterocycles. The molecule has 2 rings (SSSR count). The summed E-state index contributed by atoms with van der Waals surface area (Å²) in [5, 5.41) is 0.161. The molecule has 0 radical (unpaired) electrons. The molecule has 6 nitrogen and oxygen atoms in total. The molecule has 0 aliphatic carbocycles. The van der Waals surface area contributed by atoms with Gasteiger partial charge in [0.25, 0.3) is 0 Å². The number of nitrogens with zero attached hydrogens (tertiary/aromatic N) is 3. The van der Waals surface area contributed by atoms with Crippen LogP contribution in [-0.4, -0.2) is 52.3 Å². The van der Waals surface area contributed by atoms with E-state index in [1.54, 1.807) is 31.2 Å². The van der Waals surface area contributed by atoms with E-state index >= 15 is 0 Å². The fourth-order valence-corrected chi connectivity index (χ4v) is 2.58. The number of Topliss-reactive ketones (excluding diaryl/α,β-unsaturated/α-hetero) is 1. The minimum atomic E-state index is -1.04. The van der Waals surface area contributed by atoms with Gasteiger partial charge in [-0.15, -0.1) is 0 Å². The molecule has 25 heavy (non-hydrogen) atoms. The second kappa shape index (κ2) is 7.48. The predicted molar refractivity (Wildman–Crippen MR) is 100.0 cm³/mol. The second-order valence-corrected chi connectivity index (χ2v) is 6.29. The smallest absolute Gasteiger partial charge is 0.247 e. The molecular formula is C18H19N3O3S. The Hall–Kier alpha value is -2.67. The lowest BCUT2D eigenvalue weighted by Gasteiger charge is -2.36. The van der Waals surface area contributed by atoms with Crippen molar-refractivity contribution in [1.82, 2.24) is 9.80 Å². The van der Waals surface area contributed by atoms with Crippen LogP contribution in [0.25, 0.3) is 0 Å². The second-order valence-electron chi connectivity index (χ2n) is 5.92. The third-order valence-electron chi connectivity index (χ3n) is 3.72. The zero-order valence-corrected chi connectivity index (χ0v) is 15.2. The van der Waals surface area contributed by atoms with Crippen LogP contribution in [0.2, 0.25) is 0 Å². The normalized spacial score (nSPS) is 18.2. The van der Waals surface area contributed by atoms with E-state index in [1.165, 1.54) is 30.0 Å². The molecule has 1 unspecified atom stereocenters. The van der Waals surface area contributed by atoms with Gasteiger partial charge in [0.1, 0.15) is 0 Å². The maximum absolute atomic E-state index is 12.6. The van der Waals surface area contributed by atoms with Gasteiger partial charge in [0.15, 0.2) is 16.8 Å². The quantitative estimate of drug-likeness (QED) is 0.267. The van der Waals surface area contributed by atoms with Gasteiger partial charge in [-0.25, -0.2) is 0 Å². The van der Waals surface area contributed by atoms with Gasteiger partial charge < -0.3 is 0 Å². The van der Waals surface area contributed by atoms with Crippen molar-refractivity contribution in [1.29, 1.82) is 0 Å². The lowest BCUT2D eigenvalue weighted by atomic mass is 10.1. The first-order valence-corrected chi connectivity index (χ1v) is 8.05. The fraction of sp³-hybridized carbons (Fsp3) is 0.278. The van der Waals surface area contributed by atoms with Gasteiger partial charge in [0.2, 0.25) is 11.8 Å². The first-order chi connectivity index (χ1) is 11.7. The number of ketones is 1. The van der Waals surface area contributed by atoms with Gasteiger partial charge in [-0.05, 0) is 50.3 Å². The van der Waals surface area contributed by atoms with Crippen LogP contribution in [0, 0.1) is 5.92 Å². The van der Waals surface area contributed by atoms with Crippen molar-refractivity contribution >= 4 is 46.8 Å². The van der Waals surface area contributed by atoms with E-state index in [0.29, 0.717) is 11.3 Å². The van der Waals surface area contributed by atoms with Crippen LogP contribution >= 0.6 is 12.2 Å². The average molecular weight is 357 g/mol. The summed E-state index contributed by atoms with van der Waals surface area (Å²) in [6, 6.07) is 6.61. The van der Waals surface area contributed by atoms with Gasteiger partial charge in [0, 0.05) is 25.4 Å². The van der Waals surface area contributed by atoms with E-state index in [2.05, 4.69) is 11.6 Å². The Balaban J connectivity index is 2.25. The molecule has 0 N–H and O–H groups in total. The molecule has 2 amide bonds. The van der Waals surface area contributed by atoms with Crippen LogP contribution in [0.15, 0.2) is 41.4 Å². The lowest BCUT2D eigenvalue weighted by Crippen LogP contribution is -2.58. The number of amides is 2. The van der Waals surface area contributed by atoms with Crippen LogP contribution in [0.1, 0.15) is 24.2 Å². The lowest BCUT2D eigenvalue weighted by molar-refractivity contribution is -0.142. The molecule has 0 bridgehead atoms. The third kappa shape index (κ3) is 4.06. The standard InChI is InChI=1S/C18H19N3O3S/c1-11(2)10-21-17(24)15(16(23)20(4)18(21)25)9-19-14-7-5-13(6-8-14)12(3)22/h5-9,15H,1,10H2,2-4H3. The predicted octanol–water partition coefficient (Wildman–Crippen LogP) is 2.37. The van der Waals surface area contributed by atoms with E-state index in [9.17, 15) is 14.4 Å². The Morgan fingerprint density at radius 3 is 2.36 bits per heavy atom. The molecule has 1 aliphatic heterocycles. The molecule has 1 atom stereocenters. The maximum atomic E-state index is 12.6. The van der Waals surface area contributed by atoms with E-state index in [4.69, 9.17) is 12.2 Å². The number of carbonyl (C=O) groups excluding carboxylic acids is 3. The van der Waals surface area contributed by atoms with Gasteiger partial charge >= 0.3 is 0 Å². The molecule has 0 saturated carbocycles. The van der Waals surface area contributed by atoms with Crippen LogP contribution in [0.5, 0.6) is 0 Å². The number of carbonyl (C=O) groups is 3. The summed E-state index contributed by atoms with van der Waals surface area (Å²) < 4.78 is 0. The number of hydrogen-bond donors (Lipinski definition) is 0. The molecular weight excluding hydrogens is 338 g/mol. The summed E-state index contributed by atoms with van der Waals surface area (Å²) in [5.74, 6) is -1.92. The minimum Gasteiger partial charge on any atom is -0.295 e. The highest BCUT2D eigenvalue weighted by atomic mass is 32.1. The van der Waals surface area contributed by atoms with Crippen molar-refractivity contribution < 1.29 is 14.4 Å². The molecule has 130 valence electrons. The van der Waals surface area contributed by atoms with E-state index in [0.717, 1.165) is 5.57 Å². The van der Waals surface area contributed by atoms with Crippen LogP contribution in [-0.2, 0) is 9.59 Å². The Morgan fingerprint density at radius 2 is 1.84 bits per heavy atom. The zero-order valence-electron chi connectivity index (χ0n) is 14.4. The number of thiocarbonyl (C=S) groups is 1. The molecule has 0 aromatic heterocycles. The monoisotopic (exact) mass is 357 g/mol. The number of hydrogen-bond acceptors (Lipinski definition) is 5. The van der Waals surface area contributed by atoms with Crippen LogP contribution < -0.4 is 0 Å². The highest BCUT2D eigenvalue weighted by molar-refractivity contribution is 7.80. The maximum Gasteiger partial charge on any atom is 0.247 e. The van der Waals surface area contributed by atoms with Crippen molar-refractivity contribution in [2.75, 3.05) is 13.6 Å². The van der Waals surface area contributed by atoms with E-state index in [-0.39, 0.29) is 17.4 Å². The van der Waals surface area contributed by atoms with Crippen molar-refractivity contribution in [2.45, 2.75) is 13.8 Å². The first-order valence-electron chi connectivity index (χ1n) is 7.65. The van der Waals surface area contributed by atoms with Crippen molar-refractivity contribution in [3.63, 3.8) is 0 Å². The van der Waals surface area contributed by atoms with Crippen LogP contribution in [0.3, 0.4) is 0 Å². The first kappa shape index (κ1) is 18.7. The molecule has 1 saturated heterocycles. The van der Waals surface area contributed by atoms with Crippen molar-refractivity contribution in [3.8, 4) is 0 Å². The molecule has 7 heteroatoms. The van der Waals surface area contributed by atoms with Crippen LogP contribution in [0.4, 0.5) is 5.69 Å². The molecule has 1 fully saturated rings. The van der Waals surface area contributed by atoms with E-state index in [1.807, 2.05) is 0 Å². The number of benzene rings is 1. The molecule has 0 spiro atoms. The molecule has 1 aliphatic rings. The highest BCUT2D eigenvalue weighted by Gasteiger charge is 2.41. The topological polar surface area (TPSA) is 70.0 Å². The van der Waals surface area contributed by atoms with Crippen molar-refractivity contribution in [3.05, 3.63) is 42.0 Å². The summed E-state index contributed by atoms with van der Waals surface area (Å²) >= 11 is 5.18. The van der Waals surface area contributed by atoms with Gasteiger partial charge in [0.05, 0.1) is 5.69 Å². The van der Waals surface area contributed by atoms with Gasteiger partial charge in [-0.1, -0.05) is 12.2 Å². The Morgan fingerprint density at radius 1 is 1.24 bits per heavy atom. The van der Waals surface area contributed by atoms with Crippen molar-refractivity contribution in [2.24, 2.45) is 10.9 Å². The minimum absolute atomic E-state index is 0.0428. The Kier molecular flexibility index (Phi) is 5.58. The molecule has 1 aromatic rings. The zero-order chi connectivity index (χ0) is 18.7. The number of rotatable bonds is 5.